The minimum absolute atomic E-state index is 0.212. The molecule has 1 amide bonds. The van der Waals surface area contributed by atoms with Crippen molar-refractivity contribution in [2.45, 2.75) is 6.92 Å². The molecule has 0 saturated heterocycles. The Bertz CT molecular complexity index is 672. The highest BCUT2D eigenvalue weighted by atomic mass is 16.2. The zero-order valence-electron chi connectivity index (χ0n) is 10.8. The van der Waals surface area contributed by atoms with Crippen LogP contribution in [0.5, 0.6) is 0 Å². The Morgan fingerprint density at radius 1 is 1.35 bits per heavy atom. The molecule has 0 aliphatic rings. The maximum Gasteiger partial charge on any atom is 0.277 e. The number of anilines is 1. The molecule has 0 unspecified atom stereocenters. The minimum Gasteiger partial charge on any atom is -0.384 e. The van der Waals surface area contributed by atoms with Crippen LogP contribution in [-0.4, -0.2) is 32.6 Å². The SMILES string of the molecule is Cc1cnc(C(=O)Nc2cc(C#CCO)ccn2)cn1. The van der Waals surface area contributed by atoms with E-state index in [9.17, 15) is 4.79 Å². The van der Waals surface area contributed by atoms with Gasteiger partial charge in [0.1, 0.15) is 18.1 Å². The first-order valence-corrected chi connectivity index (χ1v) is 5.85. The van der Waals surface area contributed by atoms with Gasteiger partial charge in [-0.1, -0.05) is 11.8 Å². The molecule has 0 aliphatic heterocycles. The largest absolute Gasteiger partial charge is 0.384 e. The lowest BCUT2D eigenvalue weighted by molar-refractivity contribution is 0.102. The molecule has 6 heteroatoms. The van der Waals surface area contributed by atoms with Crippen molar-refractivity contribution in [1.29, 1.82) is 0 Å². The van der Waals surface area contributed by atoms with Crippen molar-refractivity contribution >= 4 is 11.7 Å². The lowest BCUT2D eigenvalue weighted by atomic mass is 10.2. The number of rotatable bonds is 2. The van der Waals surface area contributed by atoms with Gasteiger partial charge in [-0.2, -0.15) is 0 Å². The van der Waals surface area contributed by atoms with Crippen LogP contribution >= 0.6 is 0 Å². The third kappa shape index (κ3) is 3.60. The van der Waals surface area contributed by atoms with Gasteiger partial charge in [0.15, 0.2) is 0 Å². The molecule has 0 radical (unpaired) electrons. The predicted molar refractivity (Wildman–Crippen MR) is 72.9 cm³/mol. The van der Waals surface area contributed by atoms with Gasteiger partial charge in [-0.25, -0.2) is 9.97 Å². The Morgan fingerprint density at radius 2 is 2.20 bits per heavy atom. The Morgan fingerprint density at radius 3 is 2.90 bits per heavy atom. The third-order valence-corrected chi connectivity index (χ3v) is 2.33. The Labute approximate surface area is 115 Å². The summed E-state index contributed by atoms with van der Waals surface area (Å²) < 4.78 is 0. The number of carbonyl (C=O) groups is 1. The Balaban J connectivity index is 2.13. The van der Waals surface area contributed by atoms with Crippen molar-refractivity contribution in [2.24, 2.45) is 0 Å². The normalized spacial score (nSPS) is 9.50. The lowest BCUT2D eigenvalue weighted by Gasteiger charge is -2.03. The minimum atomic E-state index is -0.391. The molecular weight excluding hydrogens is 256 g/mol. The van der Waals surface area contributed by atoms with E-state index in [0.29, 0.717) is 11.4 Å². The summed E-state index contributed by atoms with van der Waals surface area (Å²) in [5.74, 6) is 5.23. The summed E-state index contributed by atoms with van der Waals surface area (Å²) in [6, 6.07) is 3.30. The number of aryl methyl sites for hydroxylation is 1. The first kappa shape index (κ1) is 13.6. The molecule has 0 bridgehead atoms. The molecule has 2 N–H and O–H groups in total. The summed E-state index contributed by atoms with van der Waals surface area (Å²) in [5.41, 5.74) is 1.60. The second kappa shape index (κ2) is 6.41. The highest BCUT2D eigenvalue weighted by Crippen LogP contribution is 2.07. The van der Waals surface area contributed by atoms with E-state index in [0.717, 1.165) is 5.69 Å². The molecule has 2 aromatic rings. The van der Waals surface area contributed by atoms with E-state index in [2.05, 4.69) is 32.1 Å². The third-order valence-electron chi connectivity index (χ3n) is 2.33. The van der Waals surface area contributed by atoms with Crippen molar-refractivity contribution in [3.63, 3.8) is 0 Å². The molecule has 0 saturated carbocycles. The Kier molecular flexibility index (Phi) is 4.37. The zero-order valence-corrected chi connectivity index (χ0v) is 10.8. The maximum atomic E-state index is 11.9. The van der Waals surface area contributed by atoms with Crippen LogP contribution in [0, 0.1) is 18.8 Å². The first-order valence-electron chi connectivity index (χ1n) is 5.85. The molecule has 2 heterocycles. The molecule has 100 valence electrons. The van der Waals surface area contributed by atoms with Crippen LogP contribution in [0.3, 0.4) is 0 Å². The van der Waals surface area contributed by atoms with Gasteiger partial charge in [-0.05, 0) is 19.1 Å². The van der Waals surface area contributed by atoms with Crippen LogP contribution < -0.4 is 5.32 Å². The fourth-order valence-electron chi connectivity index (χ4n) is 1.41. The molecule has 0 atom stereocenters. The van der Waals surface area contributed by atoms with E-state index in [4.69, 9.17) is 5.11 Å². The maximum absolute atomic E-state index is 11.9. The Hall–Kier alpha value is -2.78. The zero-order chi connectivity index (χ0) is 14.4. The number of carbonyl (C=O) groups excluding carboxylic acids is 1. The molecular formula is C14H12N4O2. The van der Waals surface area contributed by atoms with Gasteiger partial charge in [-0.3, -0.25) is 9.78 Å². The van der Waals surface area contributed by atoms with Gasteiger partial charge >= 0.3 is 0 Å². The highest BCUT2D eigenvalue weighted by Gasteiger charge is 2.08. The number of aliphatic hydroxyl groups excluding tert-OH is 1. The molecule has 6 nitrogen and oxygen atoms in total. The highest BCUT2D eigenvalue weighted by molar-refractivity contribution is 6.02. The van der Waals surface area contributed by atoms with Gasteiger partial charge in [0.25, 0.3) is 5.91 Å². The van der Waals surface area contributed by atoms with E-state index < -0.39 is 5.91 Å². The summed E-state index contributed by atoms with van der Waals surface area (Å²) in [7, 11) is 0. The van der Waals surface area contributed by atoms with E-state index in [1.807, 2.05) is 0 Å². The fourth-order valence-corrected chi connectivity index (χ4v) is 1.41. The smallest absolute Gasteiger partial charge is 0.277 e. The van der Waals surface area contributed by atoms with Crippen molar-refractivity contribution in [3.8, 4) is 11.8 Å². The second-order valence-corrected chi connectivity index (χ2v) is 3.89. The van der Waals surface area contributed by atoms with Crippen LogP contribution in [0.4, 0.5) is 5.82 Å². The summed E-state index contributed by atoms with van der Waals surface area (Å²) in [6.07, 6.45) is 4.45. The number of nitrogens with zero attached hydrogens (tertiary/aromatic N) is 3. The quantitative estimate of drug-likeness (QED) is 0.786. The number of aliphatic hydroxyl groups is 1. The van der Waals surface area contributed by atoms with E-state index >= 15 is 0 Å². The monoisotopic (exact) mass is 268 g/mol. The van der Waals surface area contributed by atoms with Gasteiger partial charge in [0.2, 0.25) is 0 Å². The number of nitrogens with one attached hydrogen (secondary N) is 1. The number of hydrogen-bond acceptors (Lipinski definition) is 5. The average molecular weight is 268 g/mol. The second-order valence-electron chi connectivity index (χ2n) is 3.89. The van der Waals surface area contributed by atoms with Gasteiger partial charge in [0, 0.05) is 18.0 Å². The van der Waals surface area contributed by atoms with Crippen molar-refractivity contribution < 1.29 is 9.90 Å². The van der Waals surface area contributed by atoms with Gasteiger partial charge in [-0.15, -0.1) is 0 Å². The number of aromatic nitrogens is 3. The first-order chi connectivity index (χ1) is 9.69. The molecule has 2 rings (SSSR count). The van der Waals surface area contributed by atoms with Gasteiger partial charge < -0.3 is 10.4 Å². The van der Waals surface area contributed by atoms with E-state index in [1.165, 1.54) is 18.6 Å². The standard InChI is InChI=1S/C14H12N4O2/c1-10-8-17-12(9-16-10)14(20)18-13-7-11(3-2-6-19)4-5-15-13/h4-5,7-9,19H,6H2,1H3,(H,15,18,20). The molecule has 0 spiro atoms. The predicted octanol–water partition coefficient (Wildman–Crippen LogP) is 0.776. The molecule has 20 heavy (non-hydrogen) atoms. The van der Waals surface area contributed by atoms with Crippen LogP contribution in [0.1, 0.15) is 21.7 Å². The summed E-state index contributed by atoms with van der Waals surface area (Å²) in [5, 5.41) is 11.3. The van der Waals surface area contributed by atoms with Crippen molar-refractivity contribution in [1.82, 2.24) is 15.0 Å². The number of amides is 1. The van der Waals surface area contributed by atoms with Crippen LogP contribution in [0.15, 0.2) is 30.7 Å². The number of pyridine rings is 1. The van der Waals surface area contributed by atoms with E-state index in [-0.39, 0.29) is 12.3 Å². The molecule has 0 fully saturated rings. The van der Waals surface area contributed by atoms with Gasteiger partial charge in [0.05, 0.1) is 11.9 Å². The summed E-state index contributed by atoms with van der Waals surface area (Å²) >= 11 is 0. The van der Waals surface area contributed by atoms with Crippen LogP contribution in [0.2, 0.25) is 0 Å². The number of hydrogen-bond donors (Lipinski definition) is 2. The molecule has 0 aromatic carbocycles. The fraction of sp³-hybridized carbons (Fsp3) is 0.143. The van der Waals surface area contributed by atoms with Crippen LogP contribution in [0.25, 0.3) is 0 Å². The topological polar surface area (TPSA) is 88.0 Å². The average Bonchev–Trinajstić information content (AvgIpc) is 2.46. The molecule has 0 aliphatic carbocycles. The summed E-state index contributed by atoms with van der Waals surface area (Å²) in [6.45, 7) is 1.57. The van der Waals surface area contributed by atoms with Crippen molar-refractivity contribution in [2.75, 3.05) is 11.9 Å². The van der Waals surface area contributed by atoms with E-state index in [1.54, 1.807) is 19.1 Å². The van der Waals surface area contributed by atoms with Crippen molar-refractivity contribution in [3.05, 3.63) is 47.7 Å². The van der Waals surface area contributed by atoms with Crippen LogP contribution in [-0.2, 0) is 0 Å². The summed E-state index contributed by atoms with van der Waals surface area (Å²) in [4.78, 5) is 23.9. The lowest BCUT2D eigenvalue weighted by Crippen LogP contribution is -2.15. The molecule has 2 aromatic heterocycles.